The zero-order valence-corrected chi connectivity index (χ0v) is 14.2. The fourth-order valence-electron chi connectivity index (χ4n) is 3.13. The SMILES string of the molecule is NC(=O)c1ccc(C(=O)NC2CCN(Cc3ccccc3)CC2)cc1. The molecule has 3 rings (SSSR count). The summed E-state index contributed by atoms with van der Waals surface area (Å²) in [4.78, 5) is 25.8. The van der Waals surface area contributed by atoms with Crippen LogP contribution in [0.2, 0.25) is 0 Å². The molecule has 0 aliphatic carbocycles. The molecule has 3 N–H and O–H groups in total. The first kappa shape index (κ1) is 17.2. The third-order valence-electron chi connectivity index (χ3n) is 4.60. The van der Waals surface area contributed by atoms with Gasteiger partial charge in [0.05, 0.1) is 0 Å². The molecule has 1 aliphatic rings. The lowest BCUT2D eigenvalue weighted by Gasteiger charge is -2.32. The van der Waals surface area contributed by atoms with Crippen molar-refractivity contribution in [3.63, 3.8) is 0 Å². The number of hydrogen-bond acceptors (Lipinski definition) is 3. The van der Waals surface area contributed by atoms with Crippen molar-refractivity contribution in [3.8, 4) is 0 Å². The van der Waals surface area contributed by atoms with E-state index in [1.807, 2.05) is 6.07 Å². The van der Waals surface area contributed by atoms with Gasteiger partial charge in [-0.3, -0.25) is 14.5 Å². The maximum Gasteiger partial charge on any atom is 0.251 e. The molecule has 0 spiro atoms. The van der Waals surface area contributed by atoms with Gasteiger partial charge in [0.25, 0.3) is 5.91 Å². The van der Waals surface area contributed by atoms with Crippen molar-refractivity contribution in [3.05, 3.63) is 71.3 Å². The van der Waals surface area contributed by atoms with Gasteiger partial charge in [0, 0.05) is 36.8 Å². The number of benzene rings is 2. The molecule has 130 valence electrons. The van der Waals surface area contributed by atoms with Crippen molar-refractivity contribution in [2.75, 3.05) is 13.1 Å². The Balaban J connectivity index is 1.48. The van der Waals surface area contributed by atoms with E-state index in [9.17, 15) is 9.59 Å². The maximum absolute atomic E-state index is 12.3. The Kier molecular flexibility index (Phi) is 5.46. The molecule has 1 fully saturated rings. The molecule has 25 heavy (non-hydrogen) atoms. The quantitative estimate of drug-likeness (QED) is 0.878. The number of carbonyl (C=O) groups excluding carboxylic acids is 2. The largest absolute Gasteiger partial charge is 0.366 e. The van der Waals surface area contributed by atoms with Gasteiger partial charge in [0.1, 0.15) is 0 Å². The highest BCUT2D eigenvalue weighted by molar-refractivity contribution is 5.97. The molecule has 0 saturated carbocycles. The summed E-state index contributed by atoms with van der Waals surface area (Å²) < 4.78 is 0. The van der Waals surface area contributed by atoms with Crippen LogP contribution in [-0.2, 0) is 6.54 Å². The second-order valence-electron chi connectivity index (χ2n) is 6.45. The standard InChI is InChI=1S/C20H23N3O2/c21-19(24)16-6-8-17(9-7-16)20(25)22-18-10-12-23(13-11-18)14-15-4-2-1-3-5-15/h1-9,18H,10-14H2,(H2,21,24)(H,22,25). The zero-order valence-electron chi connectivity index (χ0n) is 14.2. The highest BCUT2D eigenvalue weighted by Crippen LogP contribution is 2.14. The fourth-order valence-corrected chi connectivity index (χ4v) is 3.13. The molecule has 5 heteroatoms. The predicted octanol–water partition coefficient (Wildman–Crippen LogP) is 2.18. The van der Waals surface area contributed by atoms with Crippen molar-refractivity contribution in [1.82, 2.24) is 10.2 Å². The van der Waals surface area contributed by atoms with Crippen LogP contribution in [0.5, 0.6) is 0 Å². The van der Waals surface area contributed by atoms with Gasteiger partial charge in [0.15, 0.2) is 0 Å². The third kappa shape index (κ3) is 4.67. The van der Waals surface area contributed by atoms with E-state index in [0.717, 1.165) is 32.5 Å². The number of rotatable bonds is 5. The van der Waals surface area contributed by atoms with Crippen molar-refractivity contribution in [1.29, 1.82) is 0 Å². The molecule has 2 aromatic rings. The molecule has 0 aromatic heterocycles. The number of hydrogen-bond donors (Lipinski definition) is 2. The monoisotopic (exact) mass is 337 g/mol. The molecule has 1 aliphatic heterocycles. The van der Waals surface area contributed by atoms with Crippen LogP contribution in [-0.4, -0.2) is 35.8 Å². The minimum atomic E-state index is -0.488. The first-order chi connectivity index (χ1) is 12.1. The van der Waals surface area contributed by atoms with E-state index < -0.39 is 5.91 Å². The Morgan fingerprint density at radius 3 is 2.16 bits per heavy atom. The van der Waals surface area contributed by atoms with Crippen LogP contribution in [0.25, 0.3) is 0 Å². The Morgan fingerprint density at radius 2 is 1.56 bits per heavy atom. The van der Waals surface area contributed by atoms with E-state index in [2.05, 4.69) is 34.5 Å². The Labute approximate surface area is 147 Å². The van der Waals surface area contributed by atoms with Crippen LogP contribution >= 0.6 is 0 Å². The molecule has 0 atom stereocenters. The number of likely N-dealkylation sites (tertiary alicyclic amines) is 1. The van der Waals surface area contributed by atoms with E-state index in [4.69, 9.17) is 5.73 Å². The molecule has 1 heterocycles. The highest BCUT2D eigenvalue weighted by atomic mass is 16.2. The first-order valence-corrected chi connectivity index (χ1v) is 8.59. The molecule has 0 radical (unpaired) electrons. The summed E-state index contributed by atoms with van der Waals surface area (Å²) in [5.74, 6) is -0.588. The third-order valence-corrected chi connectivity index (χ3v) is 4.60. The molecular formula is C20H23N3O2. The molecule has 2 aromatic carbocycles. The smallest absolute Gasteiger partial charge is 0.251 e. The number of nitrogens with zero attached hydrogens (tertiary/aromatic N) is 1. The van der Waals surface area contributed by atoms with Crippen LogP contribution in [0.15, 0.2) is 54.6 Å². The van der Waals surface area contributed by atoms with Gasteiger partial charge in [-0.2, -0.15) is 0 Å². The second-order valence-corrected chi connectivity index (χ2v) is 6.45. The number of amides is 2. The van der Waals surface area contributed by atoms with Crippen molar-refractivity contribution < 1.29 is 9.59 Å². The first-order valence-electron chi connectivity index (χ1n) is 8.59. The van der Waals surface area contributed by atoms with Gasteiger partial charge >= 0.3 is 0 Å². The summed E-state index contributed by atoms with van der Waals surface area (Å²) >= 11 is 0. The summed E-state index contributed by atoms with van der Waals surface area (Å²) in [6.07, 6.45) is 1.88. The Morgan fingerprint density at radius 1 is 0.960 bits per heavy atom. The van der Waals surface area contributed by atoms with E-state index in [1.165, 1.54) is 5.56 Å². The van der Waals surface area contributed by atoms with Crippen LogP contribution < -0.4 is 11.1 Å². The number of primary amides is 1. The predicted molar refractivity (Wildman–Crippen MR) is 97.2 cm³/mol. The number of piperidine rings is 1. The van der Waals surface area contributed by atoms with Crippen molar-refractivity contribution in [2.45, 2.75) is 25.4 Å². The van der Waals surface area contributed by atoms with Crippen LogP contribution in [0, 0.1) is 0 Å². The van der Waals surface area contributed by atoms with Crippen LogP contribution in [0.1, 0.15) is 39.1 Å². The topological polar surface area (TPSA) is 75.4 Å². The molecule has 2 amide bonds. The Hall–Kier alpha value is -2.66. The van der Waals surface area contributed by atoms with Crippen LogP contribution in [0.4, 0.5) is 0 Å². The summed E-state index contributed by atoms with van der Waals surface area (Å²) in [5.41, 5.74) is 7.49. The van der Waals surface area contributed by atoms with Crippen molar-refractivity contribution >= 4 is 11.8 Å². The highest BCUT2D eigenvalue weighted by Gasteiger charge is 2.21. The number of carbonyl (C=O) groups is 2. The maximum atomic E-state index is 12.3. The van der Waals surface area contributed by atoms with Gasteiger partial charge in [-0.05, 0) is 42.7 Å². The minimum absolute atomic E-state index is 0.0995. The van der Waals surface area contributed by atoms with E-state index in [0.29, 0.717) is 11.1 Å². The van der Waals surface area contributed by atoms with Gasteiger partial charge in [-0.15, -0.1) is 0 Å². The van der Waals surface area contributed by atoms with Gasteiger partial charge < -0.3 is 11.1 Å². The Bertz CT molecular complexity index is 720. The number of nitrogens with one attached hydrogen (secondary N) is 1. The molecular weight excluding hydrogens is 314 g/mol. The number of nitrogens with two attached hydrogens (primary N) is 1. The average Bonchev–Trinajstić information content (AvgIpc) is 2.64. The molecule has 0 bridgehead atoms. The lowest BCUT2D eigenvalue weighted by Crippen LogP contribution is -2.44. The average molecular weight is 337 g/mol. The summed E-state index contributed by atoms with van der Waals surface area (Å²) in [5, 5.41) is 3.09. The van der Waals surface area contributed by atoms with Crippen molar-refractivity contribution in [2.24, 2.45) is 5.73 Å². The minimum Gasteiger partial charge on any atom is -0.366 e. The van der Waals surface area contributed by atoms with Gasteiger partial charge in [0.2, 0.25) is 5.91 Å². The molecule has 5 nitrogen and oxygen atoms in total. The molecule has 1 saturated heterocycles. The van der Waals surface area contributed by atoms with E-state index >= 15 is 0 Å². The van der Waals surface area contributed by atoms with E-state index in [-0.39, 0.29) is 11.9 Å². The van der Waals surface area contributed by atoms with Gasteiger partial charge in [-0.25, -0.2) is 0 Å². The zero-order chi connectivity index (χ0) is 17.6. The second kappa shape index (κ2) is 7.94. The summed E-state index contributed by atoms with van der Waals surface area (Å²) in [7, 11) is 0. The lowest BCUT2D eigenvalue weighted by atomic mass is 10.0. The normalized spacial score (nSPS) is 15.7. The van der Waals surface area contributed by atoms with Gasteiger partial charge in [-0.1, -0.05) is 30.3 Å². The summed E-state index contributed by atoms with van der Waals surface area (Å²) in [6, 6.07) is 17.1. The van der Waals surface area contributed by atoms with E-state index in [1.54, 1.807) is 24.3 Å². The fraction of sp³-hybridized carbons (Fsp3) is 0.300. The summed E-state index contributed by atoms with van der Waals surface area (Å²) in [6.45, 7) is 2.90. The van der Waals surface area contributed by atoms with Crippen LogP contribution in [0.3, 0.4) is 0 Å². The lowest BCUT2D eigenvalue weighted by molar-refractivity contribution is 0.0907. The molecule has 0 unspecified atom stereocenters.